The molecule has 2 amide bonds. The Kier molecular flexibility index (Phi) is 6.05. The van der Waals surface area contributed by atoms with Crippen LogP contribution in [0.1, 0.15) is 41.8 Å². The molecule has 0 aliphatic carbocycles. The second-order valence-corrected chi connectivity index (χ2v) is 7.22. The number of amides is 2. The summed E-state index contributed by atoms with van der Waals surface area (Å²) in [4.78, 5) is 28.5. The molecule has 2 aromatic rings. The minimum atomic E-state index is -1.27. The molecule has 1 aliphatic rings. The molecular formula is C22H23F3N2O3. The Morgan fingerprint density at radius 1 is 1.00 bits per heavy atom. The Bertz CT molecular complexity index is 986. The van der Waals surface area contributed by atoms with Crippen molar-refractivity contribution in [2.75, 3.05) is 23.0 Å². The van der Waals surface area contributed by atoms with Crippen molar-refractivity contribution in [3.05, 3.63) is 58.4 Å². The number of carbonyl (C=O) groups is 2. The summed E-state index contributed by atoms with van der Waals surface area (Å²) in [6.07, 6.45) is -0.0799. The monoisotopic (exact) mass is 420 g/mol. The van der Waals surface area contributed by atoms with Crippen molar-refractivity contribution in [2.45, 2.75) is 40.2 Å². The molecule has 0 bridgehead atoms. The van der Waals surface area contributed by atoms with E-state index in [1.54, 1.807) is 19.1 Å². The highest BCUT2D eigenvalue weighted by Gasteiger charge is 2.39. The predicted octanol–water partition coefficient (Wildman–Crippen LogP) is 5.12. The van der Waals surface area contributed by atoms with Gasteiger partial charge >= 0.3 is 6.09 Å². The zero-order valence-electron chi connectivity index (χ0n) is 17.3. The molecule has 1 aliphatic heterocycles. The number of halogens is 3. The summed E-state index contributed by atoms with van der Waals surface area (Å²) < 4.78 is 47.1. The highest BCUT2D eigenvalue weighted by molar-refractivity contribution is 6.10. The van der Waals surface area contributed by atoms with Crippen LogP contribution in [0.15, 0.2) is 24.3 Å². The number of ether oxygens (including phenoxy) is 1. The standard InChI is InChI=1S/C22H23F3N2O3/c1-5-15-11-26(21(28)20-16(24)9-14(23)10-17(20)25)18-7-12(3)13(4)8-19(18)27(15)22(29)30-6-2/h7-10,15H,5-6,11H2,1-4H3. The van der Waals surface area contributed by atoms with E-state index in [2.05, 4.69) is 0 Å². The topological polar surface area (TPSA) is 49.9 Å². The fourth-order valence-electron chi connectivity index (χ4n) is 3.61. The van der Waals surface area contributed by atoms with E-state index in [9.17, 15) is 22.8 Å². The van der Waals surface area contributed by atoms with Gasteiger partial charge in [-0.15, -0.1) is 0 Å². The van der Waals surface area contributed by atoms with Gasteiger partial charge in [-0.05, 0) is 50.5 Å². The van der Waals surface area contributed by atoms with Gasteiger partial charge in [-0.3, -0.25) is 9.69 Å². The first kappa shape index (κ1) is 21.7. The summed E-state index contributed by atoms with van der Waals surface area (Å²) >= 11 is 0. The quantitative estimate of drug-likeness (QED) is 0.692. The van der Waals surface area contributed by atoms with Crippen molar-refractivity contribution in [2.24, 2.45) is 0 Å². The Morgan fingerprint density at radius 3 is 2.10 bits per heavy atom. The number of fused-ring (bicyclic) bond motifs is 1. The highest BCUT2D eigenvalue weighted by atomic mass is 19.1. The predicted molar refractivity (Wildman–Crippen MR) is 107 cm³/mol. The molecule has 8 heteroatoms. The zero-order valence-corrected chi connectivity index (χ0v) is 17.3. The van der Waals surface area contributed by atoms with Gasteiger partial charge in [0.2, 0.25) is 0 Å². The number of benzene rings is 2. The van der Waals surface area contributed by atoms with E-state index < -0.39 is 41.1 Å². The van der Waals surface area contributed by atoms with Crippen LogP contribution in [-0.4, -0.2) is 31.2 Å². The minimum absolute atomic E-state index is 0.0138. The summed E-state index contributed by atoms with van der Waals surface area (Å²) in [7, 11) is 0. The number of nitrogens with zero attached hydrogens (tertiary/aromatic N) is 2. The third kappa shape index (κ3) is 3.74. The maximum absolute atomic E-state index is 14.3. The Labute approximate surface area is 173 Å². The van der Waals surface area contributed by atoms with Gasteiger partial charge < -0.3 is 9.64 Å². The maximum Gasteiger partial charge on any atom is 0.414 e. The summed E-state index contributed by atoms with van der Waals surface area (Å²) in [5, 5.41) is 0. The Balaban J connectivity index is 2.17. The van der Waals surface area contributed by atoms with Crippen LogP contribution in [0.4, 0.5) is 29.3 Å². The van der Waals surface area contributed by atoms with E-state index in [0.717, 1.165) is 11.1 Å². The van der Waals surface area contributed by atoms with Crippen LogP contribution in [0, 0.1) is 31.3 Å². The first-order valence-electron chi connectivity index (χ1n) is 9.73. The van der Waals surface area contributed by atoms with Crippen molar-refractivity contribution in [1.29, 1.82) is 0 Å². The van der Waals surface area contributed by atoms with Gasteiger partial charge in [-0.25, -0.2) is 18.0 Å². The van der Waals surface area contributed by atoms with Crippen molar-refractivity contribution in [1.82, 2.24) is 0 Å². The molecule has 1 atom stereocenters. The van der Waals surface area contributed by atoms with E-state index in [1.165, 1.54) is 9.80 Å². The molecule has 5 nitrogen and oxygen atoms in total. The summed E-state index contributed by atoms with van der Waals surface area (Å²) in [6.45, 7) is 7.42. The molecule has 0 saturated carbocycles. The van der Waals surface area contributed by atoms with E-state index >= 15 is 0 Å². The molecule has 0 N–H and O–H groups in total. The van der Waals surface area contributed by atoms with Crippen molar-refractivity contribution < 1.29 is 27.5 Å². The van der Waals surface area contributed by atoms with Crippen LogP contribution in [0.5, 0.6) is 0 Å². The third-order valence-corrected chi connectivity index (χ3v) is 5.30. The number of aryl methyl sites for hydroxylation is 2. The molecule has 30 heavy (non-hydrogen) atoms. The van der Waals surface area contributed by atoms with E-state index in [1.807, 2.05) is 20.8 Å². The van der Waals surface area contributed by atoms with Gasteiger partial charge in [-0.2, -0.15) is 0 Å². The lowest BCUT2D eigenvalue weighted by Gasteiger charge is -2.42. The van der Waals surface area contributed by atoms with Crippen LogP contribution >= 0.6 is 0 Å². The zero-order chi connectivity index (χ0) is 22.2. The Morgan fingerprint density at radius 2 is 1.57 bits per heavy atom. The minimum Gasteiger partial charge on any atom is -0.449 e. The molecule has 1 unspecified atom stereocenters. The van der Waals surface area contributed by atoms with E-state index in [-0.39, 0.29) is 13.2 Å². The van der Waals surface area contributed by atoms with E-state index in [0.29, 0.717) is 29.9 Å². The smallest absolute Gasteiger partial charge is 0.414 e. The van der Waals surface area contributed by atoms with Crippen LogP contribution in [-0.2, 0) is 4.74 Å². The largest absolute Gasteiger partial charge is 0.449 e. The average Bonchev–Trinajstić information content (AvgIpc) is 2.67. The fraction of sp³-hybridized carbons (Fsp3) is 0.364. The molecule has 0 spiro atoms. The van der Waals surface area contributed by atoms with Crippen LogP contribution in [0.3, 0.4) is 0 Å². The van der Waals surface area contributed by atoms with Gasteiger partial charge in [-0.1, -0.05) is 6.92 Å². The number of rotatable bonds is 3. The lowest BCUT2D eigenvalue weighted by molar-refractivity contribution is 0.0973. The molecule has 0 fully saturated rings. The van der Waals surface area contributed by atoms with Crippen LogP contribution in [0.2, 0.25) is 0 Å². The molecule has 160 valence electrons. The van der Waals surface area contributed by atoms with Gasteiger partial charge in [0.05, 0.1) is 24.0 Å². The number of hydrogen-bond acceptors (Lipinski definition) is 3. The molecule has 1 heterocycles. The van der Waals surface area contributed by atoms with Crippen LogP contribution in [0.25, 0.3) is 0 Å². The normalized spacial score (nSPS) is 15.8. The number of anilines is 2. The number of hydrogen-bond donors (Lipinski definition) is 0. The fourth-order valence-corrected chi connectivity index (χ4v) is 3.61. The second-order valence-electron chi connectivity index (χ2n) is 7.22. The van der Waals surface area contributed by atoms with Gasteiger partial charge in [0.1, 0.15) is 23.0 Å². The molecular weight excluding hydrogens is 397 g/mol. The maximum atomic E-state index is 14.3. The Hall–Kier alpha value is -3.03. The highest BCUT2D eigenvalue weighted by Crippen LogP contribution is 2.40. The lowest BCUT2D eigenvalue weighted by atomic mass is 9.99. The summed E-state index contributed by atoms with van der Waals surface area (Å²) in [6, 6.07) is 3.93. The average molecular weight is 420 g/mol. The van der Waals surface area contributed by atoms with Crippen molar-refractivity contribution in [3.8, 4) is 0 Å². The summed E-state index contributed by atoms with van der Waals surface area (Å²) in [5.41, 5.74) is 1.65. The first-order chi connectivity index (χ1) is 14.2. The SMILES string of the molecule is CCOC(=O)N1c2cc(C)c(C)cc2N(C(=O)c2c(F)cc(F)cc2F)CC1CC. The second kappa shape index (κ2) is 8.38. The van der Waals surface area contributed by atoms with Gasteiger partial charge in [0, 0.05) is 18.7 Å². The third-order valence-electron chi connectivity index (χ3n) is 5.30. The van der Waals surface area contributed by atoms with Gasteiger partial charge in [0.15, 0.2) is 0 Å². The van der Waals surface area contributed by atoms with Gasteiger partial charge in [0.25, 0.3) is 5.91 Å². The number of carbonyl (C=O) groups excluding carboxylic acids is 2. The lowest BCUT2D eigenvalue weighted by Crippen LogP contribution is -2.53. The van der Waals surface area contributed by atoms with E-state index in [4.69, 9.17) is 4.74 Å². The summed E-state index contributed by atoms with van der Waals surface area (Å²) in [5.74, 6) is -4.59. The first-order valence-corrected chi connectivity index (χ1v) is 9.73. The molecule has 0 aromatic heterocycles. The molecule has 0 saturated heterocycles. The molecule has 0 radical (unpaired) electrons. The molecule has 3 rings (SSSR count). The molecule has 2 aromatic carbocycles. The van der Waals surface area contributed by atoms with Crippen molar-refractivity contribution >= 4 is 23.4 Å². The van der Waals surface area contributed by atoms with Crippen LogP contribution < -0.4 is 9.80 Å². The van der Waals surface area contributed by atoms with Crippen molar-refractivity contribution in [3.63, 3.8) is 0 Å².